The highest BCUT2D eigenvalue weighted by Gasteiger charge is 2.20. The van der Waals surface area contributed by atoms with Crippen molar-refractivity contribution >= 4 is 35.1 Å². The number of benzene rings is 2. The van der Waals surface area contributed by atoms with Crippen LogP contribution < -0.4 is 16.8 Å². The molecule has 0 radical (unpaired) electrons. The zero-order valence-electron chi connectivity index (χ0n) is 16.7. The molecule has 0 spiro atoms. The van der Waals surface area contributed by atoms with Crippen molar-refractivity contribution in [3.63, 3.8) is 0 Å². The van der Waals surface area contributed by atoms with E-state index < -0.39 is 29.3 Å². The Hall–Kier alpha value is -4.31. The molecule has 8 nitrogen and oxygen atoms in total. The molecule has 4 aromatic rings. The first-order valence-electron chi connectivity index (χ1n) is 9.42. The Morgan fingerprint density at radius 1 is 1.00 bits per heavy atom. The summed E-state index contributed by atoms with van der Waals surface area (Å²) in [5.41, 5.74) is 11.2. The van der Waals surface area contributed by atoms with Gasteiger partial charge in [0.2, 0.25) is 0 Å². The summed E-state index contributed by atoms with van der Waals surface area (Å²) in [4.78, 5) is 28.4. The van der Waals surface area contributed by atoms with Crippen LogP contribution in [0.25, 0.3) is 16.9 Å². The maximum atomic E-state index is 14.3. The third kappa shape index (κ3) is 4.37. The minimum Gasteiger partial charge on any atom is -0.381 e. The van der Waals surface area contributed by atoms with Crippen LogP contribution in [0.3, 0.4) is 0 Å². The van der Waals surface area contributed by atoms with E-state index in [4.69, 9.17) is 23.1 Å². The Morgan fingerprint density at radius 2 is 1.73 bits per heavy atom. The van der Waals surface area contributed by atoms with Gasteiger partial charge in [0.05, 0.1) is 16.3 Å². The average molecular weight is 469 g/mol. The highest BCUT2D eigenvalue weighted by molar-refractivity contribution is 6.34. The van der Waals surface area contributed by atoms with Gasteiger partial charge in [-0.05, 0) is 24.3 Å². The van der Waals surface area contributed by atoms with Gasteiger partial charge in [-0.15, -0.1) is 0 Å². The van der Waals surface area contributed by atoms with Crippen molar-refractivity contribution in [3.8, 4) is 16.9 Å². The molecule has 0 aliphatic carbocycles. The maximum absolute atomic E-state index is 14.3. The molecular formula is C22H15ClF2N6O2. The molecule has 2 aromatic heterocycles. The summed E-state index contributed by atoms with van der Waals surface area (Å²) in [5, 5.41) is 6.82. The lowest BCUT2D eigenvalue weighted by Gasteiger charge is -2.11. The summed E-state index contributed by atoms with van der Waals surface area (Å²) in [5.74, 6) is -3.75. The van der Waals surface area contributed by atoms with Crippen molar-refractivity contribution in [2.45, 2.75) is 0 Å². The number of carbonyl (C=O) groups excluding carboxylic acids is 2. The van der Waals surface area contributed by atoms with Gasteiger partial charge in [0, 0.05) is 17.7 Å². The minimum absolute atomic E-state index is 0.0281. The first kappa shape index (κ1) is 21.9. The van der Waals surface area contributed by atoms with Crippen molar-refractivity contribution in [3.05, 3.63) is 88.6 Å². The fraction of sp³-hybridized carbons (Fsp3) is 0. The minimum atomic E-state index is -0.998. The molecular weight excluding hydrogens is 454 g/mol. The largest absolute Gasteiger partial charge is 0.381 e. The second-order valence-corrected chi connectivity index (χ2v) is 7.27. The van der Waals surface area contributed by atoms with Crippen LogP contribution in [0, 0.1) is 11.6 Å². The molecule has 2 amide bonds. The van der Waals surface area contributed by atoms with E-state index in [1.54, 1.807) is 30.3 Å². The SMILES string of the molecule is NC(=O)c1cc(NC(=O)c2cc(-c3nc(N)c(F)cc3F)ccc2Cl)n(-c2ccccc2)n1. The van der Waals surface area contributed by atoms with Crippen LogP contribution in [0.4, 0.5) is 20.4 Å². The van der Waals surface area contributed by atoms with Gasteiger partial charge in [-0.2, -0.15) is 5.10 Å². The zero-order valence-corrected chi connectivity index (χ0v) is 17.5. The van der Waals surface area contributed by atoms with Crippen molar-refractivity contribution in [1.82, 2.24) is 14.8 Å². The molecule has 4 rings (SSSR count). The fourth-order valence-corrected chi connectivity index (χ4v) is 3.27. The van der Waals surface area contributed by atoms with Crippen molar-refractivity contribution in [1.29, 1.82) is 0 Å². The summed E-state index contributed by atoms with van der Waals surface area (Å²) in [6, 6.07) is 14.7. The van der Waals surface area contributed by atoms with Gasteiger partial charge in [-0.25, -0.2) is 18.4 Å². The third-order valence-corrected chi connectivity index (χ3v) is 4.97. The van der Waals surface area contributed by atoms with Crippen molar-refractivity contribution < 1.29 is 18.4 Å². The topological polar surface area (TPSA) is 129 Å². The maximum Gasteiger partial charge on any atom is 0.269 e. The van der Waals surface area contributed by atoms with E-state index in [0.717, 1.165) is 0 Å². The summed E-state index contributed by atoms with van der Waals surface area (Å²) in [6.07, 6.45) is 0. The number of nitrogens with one attached hydrogen (secondary N) is 1. The number of para-hydroxylation sites is 1. The molecule has 5 N–H and O–H groups in total. The molecule has 0 aliphatic heterocycles. The highest BCUT2D eigenvalue weighted by atomic mass is 35.5. The van der Waals surface area contributed by atoms with Crippen LogP contribution in [-0.2, 0) is 0 Å². The predicted molar refractivity (Wildman–Crippen MR) is 119 cm³/mol. The summed E-state index contributed by atoms with van der Waals surface area (Å²) in [7, 11) is 0. The molecule has 166 valence electrons. The number of hydrogen-bond acceptors (Lipinski definition) is 5. The lowest BCUT2D eigenvalue weighted by Crippen LogP contribution is -2.16. The Labute approximate surface area is 190 Å². The van der Waals surface area contributed by atoms with Crippen LogP contribution in [0.15, 0.2) is 60.7 Å². The van der Waals surface area contributed by atoms with Crippen LogP contribution >= 0.6 is 11.6 Å². The number of nitrogens with two attached hydrogens (primary N) is 2. The van der Waals surface area contributed by atoms with E-state index in [1.807, 2.05) is 0 Å². The smallest absolute Gasteiger partial charge is 0.269 e. The van der Waals surface area contributed by atoms with E-state index in [1.165, 1.54) is 28.9 Å². The number of amides is 2. The van der Waals surface area contributed by atoms with E-state index in [9.17, 15) is 18.4 Å². The van der Waals surface area contributed by atoms with Crippen LogP contribution in [0.5, 0.6) is 0 Å². The second-order valence-electron chi connectivity index (χ2n) is 6.86. The molecule has 11 heteroatoms. The standard InChI is InChI=1S/C22H15ClF2N6O2/c23-14-7-6-11(19-15(24)9-16(25)20(26)29-19)8-13(14)22(33)28-18-10-17(21(27)32)30-31(18)12-4-2-1-3-5-12/h1-10H,(H2,26,29)(H2,27,32)(H,28,33). The molecule has 0 bridgehead atoms. The van der Waals surface area contributed by atoms with E-state index in [-0.39, 0.29) is 33.4 Å². The number of hydrogen-bond donors (Lipinski definition) is 3. The van der Waals surface area contributed by atoms with Crippen LogP contribution in [0.2, 0.25) is 5.02 Å². The fourth-order valence-electron chi connectivity index (χ4n) is 3.07. The predicted octanol–water partition coefficient (Wildman–Crippen LogP) is 3.80. The van der Waals surface area contributed by atoms with Gasteiger partial charge < -0.3 is 16.8 Å². The Balaban J connectivity index is 1.73. The van der Waals surface area contributed by atoms with E-state index in [0.29, 0.717) is 11.8 Å². The molecule has 0 unspecified atom stereocenters. The Kier molecular flexibility index (Phi) is 5.76. The number of pyridine rings is 1. The van der Waals surface area contributed by atoms with Crippen LogP contribution in [0.1, 0.15) is 20.8 Å². The van der Waals surface area contributed by atoms with E-state index in [2.05, 4.69) is 15.4 Å². The first-order valence-corrected chi connectivity index (χ1v) is 9.80. The monoisotopic (exact) mass is 468 g/mol. The lowest BCUT2D eigenvalue weighted by molar-refractivity contribution is 0.0992. The van der Waals surface area contributed by atoms with Gasteiger partial charge in [0.15, 0.2) is 23.1 Å². The molecule has 0 atom stereocenters. The summed E-state index contributed by atoms with van der Waals surface area (Å²) < 4.78 is 29.1. The number of nitrogen functional groups attached to an aromatic ring is 1. The average Bonchev–Trinajstić information content (AvgIpc) is 3.21. The molecule has 33 heavy (non-hydrogen) atoms. The Morgan fingerprint density at radius 3 is 2.42 bits per heavy atom. The van der Waals surface area contributed by atoms with E-state index >= 15 is 0 Å². The number of carbonyl (C=O) groups is 2. The molecule has 0 saturated heterocycles. The normalized spacial score (nSPS) is 10.8. The van der Waals surface area contributed by atoms with Gasteiger partial charge >= 0.3 is 0 Å². The Bertz CT molecular complexity index is 1390. The van der Waals surface area contributed by atoms with Gasteiger partial charge in [-0.3, -0.25) is 9.59 Å². The first-order chi connectivity index (χ1) is 15.7. The summed E-state index contributed by atoms with van der Waals surface area (Å²) >= 11 is 6.20. The zero-order chi connectivity index (χ0) is 23.7. The number of primary amides is 1. The second kappa shape index (κ2) is 8.67. The highest BCUT2D eigenvalue weighted by Crippen LogP contribution is 2.28. The number of nitrogens with zero attached hydrogens (tertiary/aromatic N) is 3. The van der Waals surface area contributed by atoms with Crippen molar-refractivity contribution in [2.75, 3.05) is 11.1 Å². The van der Waals surface area contributed by atoms with Gasteiger partial charge in [0.1, 0.15) is 11.5 Å². The number of anilines is 2. The number of halogens is 3. The summed E-state index contributed by atoms with van der Waals surface area (Å²) in [6.45, 7) is 0. The lowest BCUT2D eigenvalue weighted by atomic mass is 10.1. The van der Waals surface area contributed by atoms with Crippen molar-refractivity contribution in [2.24, 2.45) is 5.73 Å². The number of rotatable bonds is 5. The third-order valence-electron chi connectivity index (χ3n) is 4.65. The molecule has 2 heterocycles. The molecule has 0 aliphatic rings. The molecule has 0 fully saturated rings. The number of aromatic nitrogens is 3. The van der Waals surface area contributed by atoms with Crippen LogP contribution in [-0.4, -0.2) is 26.6 Å². The van der Waals surface area contributed by atoms with Gasteiger partial charge in [-0.1, -0.05) is 35.9 Å². The quantitative estimate of drug-likeness (QED) is 0.410. The molecule has 0 saturated carbocycles. The molecule has 2 aromatic carbocycles. The van der Waals surface area contributed by atoms with Gasteiger partial charge in [0.25, 0.3) is 11.8 Å².